The summed E-state index contributed by atoms with van der Waals surface area (Å²) in [7, 11) is 1.56. The van der Waals surface area contributed by atoms with E-state index in [9.17, 15) is 9.59 Å². The third kappa shape index (κ3) is 4.74. The average molecular weight is 359 g/mol. The summed E-state index contributed by atoms with van der Waals surface area (Å²) in [6, 6.07) is 6.92. The number of hydrogen-bond donors (Lipinski definition) is 0. The van der Waals surface area contributed by atoms with Gasteiger partial charge in [-0.2, -0.15) is 0 Å². The van der Waals surface area contributed by atoms with Crippen LogP contribution in [0.5, 0.6) is 5.75 Å². The van der Waals surface area contributed by atoms with Gasteiger partial charge < -0.3 is 14.2 Å². The first-order valence-corrected chi connectivity index (χ1v) is 7.58. The van der Waals surface area contributed by atoms with Crippen molar-refractivity contribution in [2.45, 2.75) is 24.6 Å². The molecular weight excluding hydrogens is 340 g/mol. The van der Waals surface area contributed by atoms with Gasteiger partial charge in [-0.05, 0) is 31.5 Å². The minimum atomic E-state index is -0.801. The number of benzene rings is 1. The molecule has 116 valence electrons. The normalized spacial score (nSPS) is 13.1. The summed E-state index contributed by atoms with van der Waals surface area (Å²) in [6.07, 6.45) is 0. The van der Waals surface area contributed by atoms with E-state index in [1.165, 1.54) is 0 Å². The molecule has 0 radical (unpaired) electrons. The van der Waals surface area contributed by atoms with Crippen molar-refractivity contribution in [3.8, 4) is 5.75 Å². The Morgan fingerprint density at radius 2 is 1.57 bits per heavy atom. The average Bonchev–Trinajstić information content (AvgIpc) is 2.48. The van der Waals surface area contributed by atoms with Gasteiger partial charge in [0.1, 0.15) is 16.5 Å². The van der Waals surface area contributed by atoms with Crippen molar-refractivity contribution in [3.05, 3.63) is 29.8 Å². The Kier molecular flexibility index (Phi) is 7.22. The number of ether oxygens (including phenoxy) is 3. The van der Waals surface area contributed by atoms with Crippen LogP contribution in [0.25, 0.3) is 0 Å². The molecule has 0 fully saturated rings. The summed E-state index contributed by atoms with van der Waals surface area (Å²) in [5, 5.41) is 0. The van der Waals surface area contributed by atoms with Gasteiger partial charge in [0.2, 0.25) is 0 Å². The van der Waals surface area contributed by atoms with Crippen LogP contribution in [0.4, 0.5) is 0 Å². The van der Waals surface area contributed by atoms with E-state index in [1.807, 2.05) is 0 Å². The fourth-order valence-corrected chi connectivity index (χ4v) is 2.48. The summed E-state index contributed by atoms with van der Waals surface area (Å²) >= 11 is 3.25. The Labute approximate surface area is 132 Å². The first-order chi connectivity index (χ1) is 10.0. The van der Waals surface area contributed by atoms with Gasteiger partial charge in [0.05, 0.1) is 20.3 Å². The molecule has 1 aromatic rings. The van der Waals surface area contributed by atoms with Crippen LogP contribution < -0.4 is 4.74 Å². The topological polar surface area (TPSA) is 61.8 Å². The largest absolute Gasteiger partial charge is 0.497 e. The van der Waals surface area contributed by atoms with Crippen molar-refractivity contribution in [2.24, 2.45) is 0 Å². The molecule has 0 spiro atoms. The van der Waals surface area contributed by atoms with Gasteiger partial charge >= 0.3 is 11.9 Å². The fourth-order valence-electron chi connectivity index (χ4n) is 1.83. The summed E-state index contributed by atoms with van der Waals surface area (Å²) < 4.78 is 15.1. The number of alkyl halides is 1. The maximum absolute atomic E-state index is 12.2. The Balaban J connectivity index is 3.05. The van der Waals surface area contributed by atoms with E-state index in [0.717, 1.165) is 0 Å². The molecule has 2 unspecified atom stereocenters. The van der Waals surface area contributed by atoms with E-state index in [4.69, 9.17) is 14.2 Å². The molecule has 1 rings (SSSR count). The number of carbonyl (C=O) groups excluding carboxylic acids is 2. The van der Waals surface area contributed by atoms with E-state index in [0.29, 0.717) is 11.3 Å². The lowest BCUT2D eigenvalue weighted by Gasteiger charge is -2.20. The van der Waals surface area contributed by atoms with Gasteiger partial charge in [-0.25, -0.2) is 0 Å². The molecule has 5 nitrogen and oxygen atoms in total. The number of methoxy groups -OCH3 is 1. The zero-order valence-corrected chi connectivity index (χ0v) is 13.9. The highest BCUT2D eigenvalue weighted by Gasteiger charge is 2.35. The molecule has 0 aliphatic rings. The van der Waals surface area contributed by atoms with Gasteiger partial charge in [0.25, 0.3) is 0 Å². The van der Waals surface area contributed by atoms with Gasteiger partial charge in [-0.1, -0.05) is 28.1 Å². The maximum Gasteiger partial charge on any atom is 0.320 e. The van der Waals surface area contributed by atoms with E-state index in [2.05, 4.69) is 15.9 Å². The Bertz CT molecular complexity index is 471. The molecule has 0 N–H and O–H groups in total. The SMILES string of the molecule is CCOC(=O)C(Br)C(C(=O)OCC)c1ccc(OC)cc1. The summed E-state index contributed by atoms with van der Waals surface area (Å²) in [5.41, 5.74) is 0.657. The van der Waals surface area contributed by atoms with Crippen LogP contribution in [0, 0.1) is 0 Å². The summed E-state index contributed by atoms with van der Waals surface area (Å²) in [5.74, 6) is -1.07. The smallest absolute Gasteiger partial charge is 0.320 e. The Morgan fingerprint density at radius 1 is 1.05 bits per heavy atom. The van der Waals surface area contributed by atoms with Crippen LogP contribution in [-0.2, 0) is 19.1 Å². The molecular formula is C15H19BrO5. The molecule has 0 saturated heterocycles. The van der Waals surface area contributed by atoms with E-state index in [1.54, 1.807) is 45.2 Å². The molecule has 0 aromatic heterocycles. The van der Waals surface area contributed by atoms with E-state index >= 15 is 0 Å². The van der Waals surface area contributed by atoms with Crippen molar-refractivity contribution in [1.82, 2.24) is 0 Å². The summed E-state index contributed by atoms with van der Waals surface area (Å²) in [4.78, 5) is 23.2. The molecule has 0 aliphatic carbocycles. The molecule has 0 heterocycles. The molecule has 1 aromatic carbocycles. The Hall–Kier alpha value is -1.56. The highest BCUT2D eigenvalue weighted by Crippen LogP contribution is 2.29. The molecule has 0 bridgehead atoms. The molecule has 6 heteroatoms. The first kappa shape index (κ1) is 17.5. The van der Waals surface area contributed by atoms with E-state index in [-0.39, 0.29) is 13.2 Å². The highest BCUT2D eigenvalue weighted by atomic mass is 79.9. The lowest BCUT2D eigenvalue weighted by Crippen LogP contribution is -2.31. The lowest BCUT2D eigenvalue weighted by atomic mass is 9.95. The Morgan fingerprint density at radius 3 is 2.05 bits per heavy atom. The van der Waals surface area contributed by atoms with E-state index < -0.39 is 22.7 Å². The molecule has 2 atom stereocenters. The molecule has 21 heavy (non-hydrogen) atoms. The number of halogens is 1. The second-order valence-corrected chi connectivity index (χ2v) is 5.14. The van der Waals surface area contributed by atoms with Crippen LogP contribution in [0.2, 0.25) is 0 Å². The van der Waals surface area contributed by atoms with Crippen molar-refractivity contribution in [3.63, 3.8) is 0 Å². The van der Waals surface area contributed by atoms with Crippen LogP contribution in [0.1, 0.15) is 25.3 Å². The second-order valence-electron chi connectivity index (χ2n) is 4.16. The van der Waals surface area contributed by atoms with Gasteiger partial charge in [-0.3, -0.25) is 9.59 Å². The highest BCUT2D eigenvalue weighted by molar-refractivity contribution is 9.10. The number of rotatable bonds is 7. The van der Waals surface area contributed by atoms with Crippen molar-refractivity contribution in [2.75, 3.05) is 20.3 Å². The van der Waals surface area contributed by atoms with Crippen LogP contribution in [0.3, 0.4) is 0 Å². The number of esters is 2. The molecule has 0 amide bonds. The van der Waals surface area contributed by atoms with Gasteiger partial charge in [0, 0.05) is 0 Å². The fraction of sp³-hybridized carbons (Fsp3) is 0.467. The van der Waals surface area contributed by atoms with Gasteiger partial charge in [-0.15, -0.1) is 0 Å². The third-order valence-electron chi connectivity index (χ3n) is 2.82. The van der Waals surface area contributed by atoms with Crippen molar-refractivity contribution in [1.29, 1.82) is 0 Å². The standard InChI is InChI=1S/C15H19BrO5/c1-4-20-14(17)12(13(16)15(18)21-5-2)10-6-8-11(19-3)9-7-10/h6-9,12-13H,4-5H2,1-3H3. The second kappa shape index (κ2) is 8.67. The third-order valence-corrected chi connectivity index (χ3v) is 3.72. The minimum Gasteiger partial charge on any atom is -0.497 e. The quantitative estimate of drug-likeness (QED) is 0.553. The zero-order chi connectivity index (χ0) is 15.8. The van der Waals surface area contributed by atoms with Gasteiger partial charge in [0.15, 0.2) is 0 Å². The van der Waals surface area contributed by atoms with Crippen LogP contribution in [-0.4, -0.2) is 37.1 Å². The maximum atomic E-state index is 12.2. The lowest BCUT2D eigenvalue weighted by molar-refractivity contribution is -0.150. The predicted molar refractivity (Wildman–Crippen MR) is 81.7 cm³/mol. The number of hydrogen-bond acceptors (Lipinski definition) is 5. The van der Waals surface area contributed by atoms with Crippen LogP contribution in [0.15, 0.2) is 24.3 Å². The van der Waals surface area contributed by atoms with Crippen molar-refractivity contribution < 1.29 is 23.8 Å². The number of carbonyl (C=O) groups is 2. The van der Waals surface area contributed by atoms with Crippen LogP contribution >= 0.6 is 15.9 Å². The predicted octanol–water partition coefficient (Wildman–Crippen LogP) is 2.67. The molecule has 0 saturated carbocycles. The van der Waals surface area contributed by atoms with Crippen molar-refractivity contribution >= 4 is 27.9 Å². The first-order valence-electron chi connectivity index (χ1n) is 6.66. The minimum absolute atomic E-state index is 0.244. The molecule has 0 aliphatic heterocycles. The monoisotopic (exact) mass is 358 g/mol. The summed E-state index contributed by atoms with van der Waals surface area (Å²) in [6.45, 7) is 3.92. The zero-order valence-electron chi connectivity index (χ0n) is 12.3.